The van der Waals surface area contributed by atoms with Gasteiger partial charge >= 0.3 is 5.88 Å². The fraction of sp³-hybridized carbons (Fsp3) is 0.444. The lowest BCUT2D eigenvalue weighted by atomic mass is 10.2. The van der Waals surface area contributed by atoms with Gasteiger partial charge in [-0.25, -0.2) is 0 Å². The van der Waals surface area contributed by atoms with Crippen LogP contribution < -0.4 is 5.32 Å². The topological polar surface area (TPSA) is 106 Å². The van der Waals surface area contributed by atoms with Crippen LogP contribution in [-0.2, 0) is 0 Å². The second-order valence-corrected chi connectivity index (χ2v) is 3.28. The number of nitrogens with zero attached hydrogens (tertiary/aromatic N) is 1. The van der Waals surface area contributed by atoms with Crippen molar-refractivity contribution in [1.29, 1.82) is 0 Å². The molecule has 0 spiro atoms. The average Bonchev–Trinajstić information content (AvgIpc) is 2.66. The minimum atomic E-state index is -0.714. The molecule has 0 aromatic carbocycles. The van der Waals surface area contributed by atoms with Gasteiger partial charge in [0, 0.05) is 12.6 Å². The Morgan fingerprint density at radius 1 is 1.69 bits per heavy atom. The first-order valence-electron chi connectivity index (χ1n) is 4.70. The Balaban J connectivity index is 2.62. The summed E-state index contributed by atoms with van der Waals surface area (Å²) < 4.78 is 4.71. The van der Waals surface area contributed by atoms with E-state index < -0.39 is 16.7 Å². The Morgan fingerprint density at radius 2 is 2.38 bits per heavy atom. The van der Waals surface area contributed by atoms with Crippen molar-refractivity contribution < 1.29 is 19.2 Å². The molecule has 16 heavy (non-hydrogen) atoms. The lowest BCUT2D eigenvalue weighted by Gasteiger charge is -2.10. The van der Waals surface area contributed by atoms with E-state index in [2.05, 4.69) is 5.32 Å². The molecule has 1 unspecified atom stereocenters. The quantitative estimate of drug-likeness (QED) is 0.569. The molecular weight excluding hydrogens is 216 g/mol. The van der Waals surface area contributed by atoms with Gasteiger partial charge in [0.2, 0.25) is 0 Å². The molecule has 1 amide bonds. The molecule has 1 rings (SSSR count). The van der Waals surface area contributed by atoms with Gasteiger partial charge in [-0.15, -0.1) is 0 Å². The third-order valence-electron chi connectivity index (χ3n) is 1.94. The first-order valence-corrected chi connectivity index (χ1v) is 4.70. The smallest absolute Gasteiger partial charge is 0.396 e. The van der Waals surface area contributed by atoms with Crippen LogP contribution in [0.1, 0.15) is 23.9 Å². The van der Waals surface area contributed by atoms with Gasteiger partial charge in [0.05, 0.1) is 6.07 Å². The Labute approximate surface area is 91.2 Å². The van der Waals surface area contributed by atoms with Crippen LogP contribution >= 0.6 is 0 Å². The van der Waals surface area contributed by atoms with E-state index in [0.29, 0.717) is 6.42 Å². The van der Waals surface area contributed by atoms with Crippen LogP contribution in [0.4, 0.5) is 5.88 Å². The van der Waals surface area contributed by atoms with Crippen LogP contribution in [0.15, 0.2) is 16.5 Å². The minimum absolute atomic E-state index is 0.0419. The average molecular weight is 228 g/mol. The molecule has 0 saturated heterocycles. The summed E-state index contributed by atoms with van der Waals surface area (Å²) in [6, 6.07) is 2.13. The SMILES string of the molecule is CC(CCO)NC(=O)c1ccc([N+](=O)[O-])o1. The van der Waals surface area contributed by atoms with Gasteiger partial charge in [-0.1, -0.05) is 0 Å². The highest BCUT2D eigenvalue weighted by Crippen LogP contribution is 2.15. The van der Waals surface area contributed by atoms with Crippen molar-refractivity contribution in [3.8, 4) is 0 Å². The third-order valence-corrected chi connectivity index (χ3v) is 1.94. The van der Waals surface area contributed by atoms with Crippen LogP contribution in [-0.4, -0.2) is 28.6 Å². The van der Waals surface area contributed by atoms with E-state index in [9.17, 15) is 14.9 Å². The van der Waals surface area contributed by atoms with Crippen LogP contribution in [0.3, 0.4) is 0 Å². The summed E-state index contributed by atoms with van der Waals surface area (Å²) in [6.07, 6.45) is 0.411. The van der Waals surface area contributed by atoms with Crippen LogP contribution in [0.5, 0.6) is 0 Å². The zero-order valence-corrected chi connectivity index (χ0v) is 8.67. The maximum atomic E-state index is 11.5. The largest absolute Gasteiger partial charge is 0.433 e. The number of rotatable bonds is 5. The first kappa shape index (κ1) is 12.2. The zero-order chi connectivity index (χ0) is 12.1. The molecule has 1 heterocycles. The molecule has 0 aliphatic carbocycles. The fourth-order valence-corrected chi connectivity index (χ4v) is 1.11. The van der Waals surface area contributed by atoms with Crippen molar-refractivity contribution in [3.63, 3.8) is 0 Å². The number of nitro groups is 1. The molecule has 88 valence electrons. The van der Waals surface area contributed by atoms with Gasteiger partial charge in [0.15, 0.2) is 5.76 Å². The van der Waals surface area contributed by atoms with Gasteiger partial charge < -0.3 is 14.8 Å². The molecule has 7 nitrogen and oxygen atoms in total. The standard InChI is InChI=1S/C9H12N2O5/c1-6(4-5-12)10-9(13)7-2-3-8(16-7)11(14)15/h2-3,6,12H,4-5H2,1H3,(H,10,13). The third kappa shape index (κ3) is 3.06. The number of furan rings is 1. The monoisotopic (exact) mass is 228 g/mol. The van der Waals surface area contributed by atoms with E-state index in [-0.39, 0.29) is 18.4 Å². The maximum absolute atomic E-state index is 11.5. The molecule has 0 radical (unpaired) electrons. The van der Waals surface area contributed by atoms with Crippen molar-refractivity contribution in [2.45, 2.75) is 19.4 Å². The summed E-state index contributed by atoms with van der Waals surface area (Å²) in [6.45, 7) is 1.67. The van der Waals surface area contributed by atoms with Gasteiger partial charge in [-0.05, 0) is 19.4 Å². The van der Waals surface area contributed by atoms with E-state index in [4.69, 9.17) is 9.52 Å². The van der Waals surface area contributed by atoms with Crippen molar-refractivity contribution in [3.05, 3.63) is 28.0 Å². The van der Waals surface area contributed by atoms with Crippen LogP contribution in [0, 0.1) is 10.1 Å². The molecule has 0 bridgehead atoms. The minimum Gasteiger partial charge on any atom is -0.396 e. The van der Waals surface area contributed by atoms with E-state index in [1.165, 1.54) is 6.07 Å². The molecular formula is C9H12N2O5. The molecule has 0 aliphatic heterocycles. The number of hydrogen-bond acceptors (Lipinski definition) is 5. The summed E-state index contributed by atoms with van der Waals surface area (Å²) in [5, 5.41) is 21.5. The highest BCUT2D eigenvalue weighted by atomic mass is 16.6. The summed E-state index contributed by atoms with van der Waals surface area (Å²) in [4.78, 5) is 21.1. The Hall–Kier alpha value is -1.89. The summed E-state index contributed by atoms with van der Waals surface area (Å²) in [7, 11) is 0. The number of aliphatic hydroxyl groups excluding tert-OH is 1. The van der Waals surface area contributed by atoms with E-state index in [1.54, 1.807) is 6.92 Å². The molecule has 7 heteroatoms. The second kappa shape index (κ2) is 5.26. The summed E-state index contributed by atoms with van der Waals surface area (Å²) in [5.74, 6) is -1.12. The number of amides is 1. The normalized spacial score (nSPS) is 12.1. The van der Waals surface area contributed by atoms with Crippen LogP contribution in [0.2, 0.25) is 0 Å². The highest BCUT2D eigenvalue weighted by molar-refractivity contribution is 5.91. The Bertz CT molecular complexity index is 387. The Morgan fingerprint density at radius 3 is 2.88 bits per heavy atom. The number of hydrogen-bond donors (Lipinski definition) is 2. The van der Waals surface area contributed by atoms with E-state index >= 15 is 0 Å². The number of nitrogens with one attached hydrogen (secondary N) is 1. The van der Waals surface area contributed by atoms with Crippen molar-refractivity contribution in [2.24, 2.45) is 0 Å². The molecule has 2 N–H and O–H groups in total. The molecule has 0 saturated carbocycles. The second-order valence-electron chi connectivity index (χ2n) is 3.28. The maximum Gasteiger partial charge on any atom is 0.433 e. The molecule has 1 aromatic rings. The fourth-order valence-electron chi connectivity index (χ4n) is 1.11. The van der Waals surface area contributed by atoms with Gasteiger partial charge in [-0.3, -0.25) is 14.9 Å². The Kier molecular flexibility index (Phi) is 4.01. The van der Waals surface area contributed by atoms with Gasteiger partial charge in [0.25, 0.3) is 5.91 Å². The number of aliphatic hydroxyl groups is 1. The number of carbonyl (C=O) groups excluding carboxylic acids is 1. The molecule has 0 fully saturated rings. The predicted molar refractivity (Wildman–Crippen MR) is 54.0 cm³/mol. The van der Waals surface area contributed by atoms with Crippen molar-refractivity contribution in [1.82, 2.24) is 5.32 Å². The lowest BCUT2D eigenvalue weighted by molar-refractivity contribution is -0.402. The zero-order valence-electron chi connectivity index (χ0n) is 8.67. The van der Waals surface area contributed by atoms with E-state index in [1.807, 2.05) is 0 Å². The van der Waals surface area contributed by atoms with Gasteiger partial charge in [-0.2, -0.15) is 0 Å². The molecule has 1 aromatic heterocycles. The lowest BCUT2D eigenvalue weighted by Crippen LogP contribution is -2.32. The highest BCUT2D eigenvalue weighted by Gasteiger charge is 2.18. The van der Waals surface area contributed by atoms with Crippen molar-refractivity contribution in [2.75, 3.05) is 6.61 Å². The van der Waals surface area contributed by atoms with E-state index in [0.717, 1.165) is 6.07 Å². The number of carbonyl (C=O) groups is 1. The van der Waals surface area contributed by atoms with Gasteiger partial charge in [0.1, 0.15) is 4.92 Å². The summed E-state index contributed by atoms with van der Waals surface area (Å²) in [5.41, 5.74) is 0. The van der Waals surface area contributed by atoms with Crippen molar-refractivity contribution >= 4 is 11.8 Å². The van der Waals surface area contributed by atoms with Crippen LogP contribution in [0.25, 0.3) is 0 Å². The summed E-state index contributed by atoms with van der Waals surface area (Å²) >= 11 is 0. The molecule has 1 atom stereocenters. The first-order chi connectivity index (χ1) is 7.54. The predicted octanol–water partition coefficient (Wildman–Crippen LogP) is 0.689. The molecule has 0 aliphatic rings.